The maximum absolute atomic E-state index is 5.25. The number of hydrogen-bond acceptors (Lipinski definition) is 2. The first-order valence-corrected chi connectivity index (χ1v) is 5.83. The summed E-state index contributed by atoms with van der Waals surface area (Å²) in [4.78, 5) is 4.81. The molecule has 2 nitrogen and oxygen atoms in total. The third-order valence-corrected chi connectivity index (χ3v) is 2.91. The molecule has 0 unspecified atom stereocenters. The van der Waals surface area contributed by atoms with Gasteiger partial charge >= 0.3 is 0 Å². The van der Waals surface area contributed by atoms with Crippen molar-refractivity contribution in [2.45, 2.75) is 33.7 Å². The summed E-state index contributed by atoms with van der Waals surface area (Å²) in [6, 6.07) is 0.222. The van der Waals surface area contributed by atoms with Crippen molar-refractivity contribution in [2.75, 3.05) is 13.7 Å². The minimum absolute atomic E-state index is 0.142. The Morgan fingerprint density at radius 3 is 2.31 bits per heavy atom. The van der Waals surface area contributed by atoms with Gasteiger partial charge in [0.05, 0.1) is 12.6 Å². The predicted octanol–water partition coefficient (Wildman–Crippen LogP) is 3.25. The van der Waals surface area contributed by atoms with Crippen molar-refractivity contribution >= 4 is 5.71 Å². The molecule has 0 saturated carbocycles. The Labute approximate surface area is 99.1 Å². The zero-order chi connectivity index (χ0) is 12.2. The van der Waals surface area contributed by atoms with E-state index in [4.69, 9.17) is 9.73 Å². The van der Waals surface area contributed by atoms with Crippen LogP contribution in [0.15, 0.2) is 29.3 Å². The number of ether oxygens (including phenoxy) is 1. The van der Waals surface area contributed by atoms with Crippen LogP contribution in [0, 0.1) is 11.3 Å². The lowest BCUT2D eigenvalue weighted by Gasteiger charge is -2.27. The molecule has 0 amide bonds. The van der Waals surface area contributed by atoms with Gasteiger partial charge in [-0.05, 0) is 12.3 Å². The Balaban J connectivity index is 2.76. The fraction of sp³-hybridized carbons (Fsp3) is 0.643. The Kier molecular flexibility index (Phi) is 4.48. The van der Waals surface area contributed by atoms with Crippen LogP contribution >= 0.6 is 0 Å². The zero-order valence-electron chi connectivity index (χ0n) is 11.0. The molecule has 0 heterocycles. The fourth-order valence-corrected chi connectivity index (χ4v) is 1.68. The molecule has 1 aliphatic carbocycles. The summed E-state index contributed by atoms with van der Waals surface area (Å²) < 4.78 is 5.25. The Morgan fingerprint density at radius 1 is 1.31 bits per heavy atom. The molecule has 1 rings (SSSR count). The molecule has 0 aromatic heterocycles. The first-order valence-electron chi connectivity index (χ1n) is 5.83. The van der Waals surface area contributed by atoms with Gasteiger partial charge in [0.25, 0.3) is 0 Å². The van der Waals surface area contributed by atoms with E-state index in [1.165, 1.54) is 5.71 Å². The van der Waals surface area contributed by atoms with Crippen molar-refractivity contribution in [3.05, 3.63) is 24.3 Å². The Bertz CT molecular complexity index is 295. The maximum atomic E-state index is 5.25. The van der Waals surface area contributed by atoms with Crippen molar-refractivity contribution in [3.63, 3.8) is 0 Å². The highest BCUT2D eigenvalue weighted by atomic mass is 16.5. The van der Waals surface area contributed by atoms with E-state index in [-0.39, 0.29) is 11.5 Å². The molecule has 0 aliphatic heterocycles. The Hall–Kier alpha value is -0.890. The molecular formula is C14H23NO. The standard InChI is InChI=1S/C14H23NO/c1-11(12-8-6-7-9-12)15-13(10-16-5)14(2,3)4/h6-9,12-13H,10H2,1-5H3/t13-/m1/s1. The molecule has 0 N–H and O–H groups in total. The number of methoxy groups -OCH3 is 1. The molecule has 0 spiro atoms. The summed E-state index contributed by atoms with van der Waals surface area (Å²) in [5.41, 5.74) is 1.31. The van der Waals surface area contributed by atoms with Crippen molar-refractivity contribution < 1.29 is 4.74 Å². The van der Waals surface area contributed by atoms with Crippen molar-refractivity contribution in [1.29, 1.82) is 0 Å². The minimum Gasteiger partial charge on any atom is -0.382 e. The third-order valence-electron chi connectivity index (χ3n) is 2.91. The molecule has 1 atom stereocenters. The number of hydrogen-bond donors (Lipinski definition) is 0. The van der Waals surface area contributed by atoms with E-state index >= 15 is 0 Å². The number of aliphatic imine (C=N–C) groups is 1. The van der Waals surface area contributed by atoms with Crippen LogP contribution in [-0.4, -0.2) is 25.5 Å². The van der Waals surface area contributed by atoms with Gasteiger partial charge in [-0.3, -0.25) is 4.99 Å². The maximum Gasteiger partial charge on any atom is 0.0780 e. The lowest BCUT2D eigenvalue weighted by molar-refractivity contribution is 0.136. The van der Waals surface area contributed by atoms with Gasteiger partial charge < -0.3 is 4.74 Å². The second-order valence-corrected chi connectivity index (χ2v) is 5.40. The van der Waals surface area contributed by atoms with Crippen LogP contribution in [0.3, 0.4) is 0 Å². The smallest absolute Gasteiger partial charge is 0.0780 e. The van der Waals surface area contributed by atoms with E-state index in [2.05, 4.69) is 52.0 Å². The molecule has 1 aliphatic rings. The average molecular weight is 221 g/mol. The number of rotatable bonds is 4. The quantitative estimate of drug-likeness (QED) is 0.668. The van der Waals surface area contributed by atoms with Crippen molar-refractivity contribution in [1.82, 2.24) is 0 Å². The van der Waals surface area contributed by atoms with E-state index in [9.17, 15) is 0 Å². The molecular weight excluding hydrogens is 198 g/mol. The molecule has 0 saturated heterocycles. The van der Waals surface area contributed by atoms with Crippen LogP contribution in [-0.2, 0) is 4.74 Å². The normalized spacial score (nSPS) is 19.4. The van der Waals surface area contributed by atoms with Gasteiger partial charge in [-0.15, -0.1) is 0 Å². The molecule has 90 valence electrons. The van der Waals surface area contributed by atoms with Crippen LogP contribution in [0.1, 0.15) is 27.7 Å². The van der Waals surface area contributed by atoms with E-state index in [1.54, 1.807) is 7.11 Å². The minimum atomic E-state index is 0.142. The highest BCUT2D eigenvalue weighted by Crippen LogP contribution is 2.24. The topological polar surface area (TPSA) is 21.6 Å². The summed E-state index contributed by atoms with van der Waals surface area (Å²) >= 11 is 0. The summed E-state index contributed by atoms with van der Waals surface area (Å²) in [6.45, 7) is 9.38. The lowest BCUT2D eigenvalue weighted by Crippen LogP contribution is -2.30. The van der Waals surface area contributed by atoms with Crippen molar-refractivity contribution in [2.24, 2.45) is 16.3 Å². The monoisotopic (exact) mass is 221 g/mol. The molecule has 0 aromatic rings. The highest BCUT2D eigenvalue weighted by molar-refractivity contribution is 5.88. The van der Waals surface area contributed by atoms with Gasteiger partial charge in [0.1, 0.15) is 0 Å². The lowest BCUT2D eigenvalue weighted by atomic mass is 9.87. The predicted molar refractivity (Wildman–Crippen MR) is 70.0 cm³/mol. The van der Waals surface area contributed by atoms with Crippen molar-refractivity contribution in [3.8, 4) is 0 Å². The van der Waals surface area contributed by atoms with Gasteiger partial charge in [0, 0.05) is 18.7 Å². The first-order chi connectivity index (χ1) is 7.45. The SMILES string of the molecule is COC[C@@H](N=C(C)C1C=CC=C1)C(C)(C)C. The molecule has 16 heavy (non-hydrogen) atoms. The first kappa shape index (κ1) is 13.2. The highest BCUT2D eigenvalue weighted by Gasteiger charge is 2.24. The van der Waals surface area contributed by atoms with Crippen LogP contribution in [0.2, 0.25) is 0 Å². The largest absolute Gasteiger partial charge is 0.382 e. The van der Waals surface area contributed by atoms with Gasteiger partial charge in [-0.25, -0.2) is 0 Å². The van der Waals surface area contributed by atoms with E-state index in [0.717, 1.165) is 0 Å². The molecule has 0 aromatic carbocycles. The van der Waals surface area contributed by atoms with Crippen LogP contribution in [0.4, 0.5) is 0 Å². The zero-order valence-corrected chi connectivity index (χ0v) is 11.0. The third kappa shape index (κ3) is 3.60. The molecule has 0 fully saturated rings. The second kappa shape index (κ2) is 5.44. The summed E-state index contributed by atoms with van der Waals surface area (Å²) in [7, 11) is 1.74. The van der Waals surface area contributed by atoms with Crippen LogP contribution in [0.25, 0.3) is 0 Å². The van der Waals surface area contributed by atoms with E-state index in [0.29, 0.717) is 12.5 Å². The summed E-state index contributed by atoms with van der Waals surface area (Å²) in [6.07, 6.45) is 8.49. The van der Waals surface area contributed by atoms with Gasteiger partial charge in [0.2, 0.25) is 0 Å². The van der Waals surface area contributed by atoms with E-state index in [1.807, 2.05) is 0 Å². The summed E-state index contributed by atoms with van der Waals surface area (Å²) in [5, 5.41) is 0. The number of nitrogens with zero attached hydrogens (tertiary/aromatic N) is 1. The summed E-state index contributed by atoms with van der Waals surface area (Å²) in [5.74, 6) is 0.377. The number of allylic oxidation sites excluding steroid dienone is 4. The second-order valence-electron chi connectivity index (χ2n) is 5.40. The molecule has 0 bridgehead atoms. The molecule has 0 radical (unpaired) electrons. The average Bonchev–Trinajstić information content (AvgIpc) is 2.68. The Morgan fingerprint density at radius 2 is 1.88 bits per heavy atom. The van der Waals surface area contributed by atoms with Gasteiger partial charge in [0.15, 0.2) is 0 Å². The van der Waals surface area contributed by atoms with Gasteiger partial charge in [-0.2, -0.15) is 0 Å². The van der Waals surface area contributed by atoms with Crippen LogP contribution in [0.5, 0.6) is 0 Å². The molecule has 2 heteroatoms. The van der Waals surface area contributed by atoms with Crippen LogP contribution < -0.4 is 0 Å². The van der Waals surface area contributed by atoms with Gasteiger partial charge in [-0.1, -0.05) is 45.1 Å². The van der Waals surface area contributed by atoms with E-state index < -0.39 is 0 Å². The fourth-order valence-electron chi connectivity index (χ4n) is 1.68.